The minimum Gasteiger partial charge on any atom is -0.211 e. The summed E-state index contributed by atoms with van der Waals surface area (Å²) in [6, 6.07) is 12.4. The Bertz CT molecular complexity index is 723. The zero-order chi connectivity index (χ0) is 16.2. The highest BCUT2D eigenvalue weighted by molar-refractivity contribution is 7.89. The highest BCUT2D eigenvalue weighted by atomic mass is 35.5. The molecule has 1 N–H and O–H groups in total. The lowest BCUT2D eigenvalue weighted by molar-refractivity contribution is 0.581. The summed E-state index contributed by atoms with van der Waals surface area (Å²) in [5.74, 6) is 0. The van der Waals surface area contributed by atoms with Crippen LogP contribution in [0.5, 0.6) is 0 Å². The largest absolute Gasteiger partial charge is 0.240 e. The summed E-state index contributed by atoms with van der Waals surface area (Å²) in [5, 5.41) is 0.589. The number of nitrogens with one attached hydrogen (secondary N) is 1. The summed E-state index contributed by atoms with van der Waals surface area (Å²) in [6.45, 7) is 2.41. The minimum atomic E-state index is -3.61. The molecule has 0 spiro atoms. The Labute approximate surface area is 141 Å². The normalized spacial score (nSPS) is 11.6. The van der Waals surface area contributed by atoms with Gasteiger partial charge in [0.2, 0.25) is 10.0 Å². The molecule has 0 aromatic heterocycles. The molecule has 0 heterocycles. The molecule has 0 unspecified atom stereocenters. The maximum Gasteiger partial charge on any atom is 0.240 e. The Morgan fingerprint density at radius 2 is 1.50 bits per heavy atom. The van der Waals surface area contributed by atoms with Crippen LogP contribution in [0.3, 0.4) is 0 Å². The molecule has 0 atom stereocenters. The van der Waals surface area contributed by atoms with Crippen LogP contribution in [0.2, 0.25) is 10.0 Å². The molecule has 0 fully saturated rings. The molecule has 6 heteroatoms. The zero-order valence-electron chi connectivity index (χ0n) is 12.1. The van der Waals surface area contributed by atoms with Crippen molar-refractivity contribution in [2.75, 3.05) is 6.54 Å². The lowest BCUT2D eigenvalue weighted by Gasteiger charge is -2.08. The summed E-state index contributed by atoms with van der Waals surface area (Å²) in [5.41, 5.74) is 2.35. The van der Waals surface area contributed by atoms with Gasteiger partial charge in [0, 0.05) is 16.6 Å². The molecule has 0 saturated heterocycles. The molecule has 0 aliphatic heterocycles. The van der Waals surface area contributed by atoms with Crippen LogP contribution < -0.4 is 4.72 Å². The minimum absolute atomic E-state index is 0.0753. The average molecular weight is 358 g/mol. The molecule has 22 heavy (non-hydrogen) atoms. The summed E-state index contributed by atoms with van der Waals surface area (Å²) in [7, 11) is -3.61. The third kappa shape index (κ3) is 4.71. The predicted octanol–water partition coefficient (Wildman–Crippen LogP) is 4.08. The average Bonchev–Trinajstić information content (AvgIpc) is 2.47. The van der Waals surface area contributed by atoms with E-state index in [9.17, 15) is 8.42 Å². The molecule has 0 radical (unpaired) electrons. The van der Waals surface area contributed by atoms with Gasteiger partial charge in [-0.1, -0.05) is 54.4 Å². The van der Waals surface area contributed by atoms with Gasteiger partial charge >= 0.3 is 0 Å². The lowest BCUT2D eigenvalue weighted by atomic mass is 10.1. The van der Waals surface area contributed by atoms with Gasteiger partial charge in [0.25, 0.3) is 0 Å². The van der Waals surface area contributed by atoms with Crippen LogP contribution in [0.4, 0.5) is 0 Å². The maximum absolute atomic E-state index is 12.2. The van der Waals surface area contributed by atoms with Crippen molar-refractivity contribution >= 4 is 33.2 Å². The molecular formula is C16H17Cl2NO2S. The number of rotatable bonds is 6. The Morgan fingerprint density at radius 3 is 2.05 bits per heavy atom. The van der Waals surface area contributed by atoms with Crippen LogP contribution in [-0.4, -0.2) is 15.0 Å². The Morgan fingerprint density at radius 1 is 0.955 bits per heavy atom. The van der Waals surface area contributed by atoms with Crippen molar-refractivity contribution in [3.63, 3.8) is 0 Å². The summed E-state index contributed by atoms with van der Waals surface area (Å²) < 4.78 is 27.0. The molecule has 2 aromatic rings. The van der Waals surface area contributed by atoms with Crippen LogP contribution in [0.1, 0.15) is 18.1 Å². The van der Waals surface area contributed by atoms with Gasteiger partial charge in [-0.15, -0.1) is 0 Å². The molecule has 2 rings (SSSR count). The van der Waals surface area contributed by atoms with Crippen molar-refractivity contribution < 1.29 is 8.42 Å². The molecular weight excluding hydrogens is 341 g/mol. The van der Waals surface area contributed by atoms with E-state index < -0.39 is 10.0 Å². The van der Waals surface area contributed by atoms with Crippen LogP contribution in [0.25, 0.3) is 0 Å². The lowest BCUT2D eigenvalue weighted by Crippen LogP contribution is -2.26. The second-order valence-corrected chi connectivity index (χ2v) is 7.56. The Balaban J connectivity index is 2.00. The first kappa shape index (κ1) is 17.3. The maximum atomic E-state index is 12.2. The van der Waals surface area contributed by atoms with Crippen molar-refractivity contribution in [1.29, 1.82) is 0 Å². The second-order valence-electron chi connectivity index (χ2n) is 4.92. The van der Waals surface area contributed by atoms with Crippen LogP contribution >= 0.6 is 23.2 Å². The standard InChI is InChI=1S/C16H17Cl2NO2S/c1-2-12-3-5-13(6-4-12)7-8-19-22(20,21)16-10-14(17)9-15(18)11-16/h3-6,9-11,19H,2,7-8H2,1H3. The fourth-order valence-corrected chi connectivity index (χ4v) is 3.80. The van der Waals surface area contributed by atoms with E-state index >= 15 is 0 Å². The van der Waals surface area contributed by atoms with Crippen molar-refractivity contribution in [3.8, 4) is 0 Å². The fraction of sp³-hybridized carbons (Fsp3) is 0.250. The van der Waals surface area contributed by atoms with Gasteiger partial charge in [0.05, 0.1) is 4.90 Å². The molecule has 3 nitrogen and oxygen atoms in total. The van der Waals surface area contributed by atoms with Gasteiger partial charge in [0.15, 0.2) is 0 Å². The van der Waals surface area contributed by atoms with Crippen molar-refractivity contribution in [2.24, 2.45) is 0 Å². The van der Waals surface area contributed by atoms with Gasteiger partial charge < -0.3 is 0 Å². The van der Waals surface area contributed by atoms with Gasteiger partial charge in [-0.3, -0.25) is 0 Å². The first-order valence-electron chi connectivity index (χ1n) is 6.94. The van der Waals surface area contributed by atoms with E-state index in [1.54, 1.807) is 0 Å². The molecule has 0 amide bonds. The number of aryl methyl sites for hydroxylation is 1. The summed E-state index contributed by atoms with van der Waals surface area (Å²) >= 11 is 11.7. The summed E-state index contributed by atoms with van der Waals surface area (Å²) in [6.07, 6.45) is 1.61. The molecule has 0 aliphatic carbocycles. The highest BCUT2D eigenvalue weighted by Gasteiger charge is 2.14. The topological polar surface area (TPSA) is 46.2 Å². The van der Waals surface area contributed by atoms with Crippen molar-refractivity contribution in [1.82, 2.24) is 4.72 Å². The molecule has 118 valence electrons. The predicted molar refractivity (Wildman–Crippen MR) is 91.2 cm³/mol. The van der Waals surface area contributed by atoms with Gasteiger partial charge in [-0.05, 0) is 42.2 Å². The van der Waals surface area contributed by atoms with Gasteiger partial charge in [0.1, 0.15) is 0 Å². The molecule has 0 saturated carbocycles. The number of hydrogen-bond acceptors (Lipinski definition) is 2. The van der Waals surface area contributed by atoms with Crippen molar-refractivity contribution in [3.05, 3.63) is 63.6 Å². The van der Waals surface area contributed by atoms with Gasteiger partial charge in [-0.2, -0.15) is 0 Å². The third-order valence-electron chi connectivity index (χ3n) is 3.28. The van der Waals surface area contributed by atoms with E-state index in [4.69, 9.17) is 23.2 Å². The van der Waals surface area contributed by atoms with Crippen LogP contribution in [0.15, 0.2) is 47.4 Å². The van der Waals surface area contributed by atoms with E-state index in [2.05, 4.69) is 23.8 Å². The number of hydrogen-bond donors (Lipinski definition) is 1. The monoisotopic (exact) mass is 357 g/mol. The quantitative estimate of drug-likeness (QED) is 0.846. The third-order valence-corrected chi connectivity index (χ3v) is 5.16. The van der Waals surface area contributed by atoms with Crippen LogP contribution in [0, 0.1) is 0 Å². The smallest absolute Gasteiger partial charge is 0.211 e. The van der Waals surface area contributed by atoms with Crippen molar-refractivity contribution in [2.45, 2.75) is 24.7 Å². The van der Waals surface area contributed by atoms with Gasteiger partial charge in [-0.25, -0.2) is 13.1 Å². The summed E-state index contributed by atoms with van der Waals surface area (Å²) in [4.78, 5) is 0.0753. The van der Waals surface area contributed by atoms with E-state index in [-0.39, 0.29) is 4.90 Å². The second kappa shape index (κ2) is 7.47. The first-order valence-corrected chi connectivity index (χ1v) is 9.18. The van der Waals surface area contributed by atoms with Crippen LogP contribution in [-0.2, 0) is 22.9 Å². The number of sulfonamides is 1. The first-order chi connectivity index (χ1) is 10.4. The number of benzene rings is 2. The Hall–Kier alpha value is -1.07. The van der Waals surface area contributed by atoms with E-state index in [1.807, 2.05) is 12.1 Å². The molecule has 0 aliphatic rings. The van der Waals surface area contributed by atoms with E-state index in [1.165, 1.54) is 23.8 Å². The molecule has 0 bridgehead atoms. The van der Waals surface area contributed by atoms with E-state index in [0.717, 1.165) is 12.0 Å². The van der Waals surface area contributed by atoms with E-state index in [0.29, 0.717) is 23.0 Å². The number of halogens is 2. The zero-order valence-corrected chi connectivity index (χ0v) is 14.5. The SMILES string of the molecule is CCc1ccc(CCNS(=O)(=O)c2cc(Cl)cc(Cl)c2)cc1. The molecule has 2 aromatic carbocycles. The highest BCUT2D eigenvalue weighted by Crippen LogP contribution is 2.22. The fourth-order valence-electron chi connectivity index (χ4n) is 2.04. The Kier molecular flexibility index (Phi) is 5.87.